The molecule has 0 aliphatic rings. The molecule has 178 valence electrons. The van der Waals surface area contributed by atoms with Crippen molar-refractivity contribution in [1.82, 2.24) is 0 Å². The van der Waals surface area contributed by atoms with Gasteiger partial charge in [-0.3, -0.25) is 0 Å². The summed E-state index contributed by atoms with van der Waals surface area (Å²) in [7, 11) is 0. The molecule has 6 aromatic carbocycles. The van der Waals surface area contributed by atoms with Crippen LogP contribution in [0.15, 0.2) is 78.9 Å². The van der Waals surface area contributed by atoms with Crippen LogP contribution in [0.3, 0.4) is 0 Å². The van der Waals surface area contributed by atoms with E-state index in [1.165, 1.54) is 0 Å². The summed E-state index contributed by atoms with van der Waals surface area (Å²) in [4.78, 5) is 0. The summed E-state index contributed by atoms with van der Waals surface area (Å²) >= 11 is 0. The monoisotopic (exact) mass is 508 g/mol. The highest BCUT2D eigenvalue weighted by Gasteiger charge is 2.32. The van der Waals surface area contributed by atoms with Crippen molar-refractivity contribution >= 4 is 61.4 Å². The van der Waals surface area contributed by atoms with Crippen LogP contribution in [0.2, 0.25) is 0 Å². The Labute approximate surface area is 201 Å². The molecule has 0 nitrogen and oxygen atoms in total. The number of halogens is 6. The van der Waals surface area contributed by atoms with Crippen molar-refractivity contribution < 1.29 is 26.3 Å². The second-order valence-electron chi connectivity index (χ2n) is 8.69. The molecule has 0 fully saturated rings. The fraction of sp³-hybridized carbons (Fsp3) is 0. The molecule has 0 aromatic heterocycles. The number of benzene rings is 6. The van der Waals surface area contributed by atoms with Gasteiger partial charge in [0.25, 0.3) is 0 Å². The molecule has 0 spiro atoms. The first-order chi connectivity index (χ1) is 17.2. The highest BCUT2D eigenvalue weighted by molar-refractivity contribution is 7.93. The molecule has 0 heterocycles. The normalized spacial score (nSPS) is 12.3. The summed E-state index contributed by atoms with van der Waals surface area (Å²) in [6.07, 6.45) is 4.18. The summed E-state index contributed by atoms with van der Waals surface area (Å²) in [6, 6.07) is 18.6. The molecule has 0 unspecified atom stereocenters. The van der Waals surface area contributed by atoms with Crippen molar-refractivity contribution in [3.05, 3.63) is 114 Å². The maximum Gasteiger partial charge on any atom is 0.161 e. The van der Waals surface area contributed by atoms with Crippen molar-refractivity contribution in [2.24, 2.45) is 0 Å². The molecule has 0 bridgehead atoms. The molecule has 6 aromatic rings. The molecule has 0 radical (unpaired) electrons. The summed E-state index contributed by atoms with van der Waals surface area (Å²) in [5, 5.41) is 4.50. The van der Waals surface area contributed by atoms with Gasteiger partial charge in [-0.25, -0.2) is 26.3 Å². The third-order valence-electron chi connectivity index (χ3n) is 6.72. The summed E-state index contributed by atoms with van der Waals surface area (Å²) in [5.41, 5.74) is 0. The van der Waals surface area contributed by atoms with Crippen LogP contribution in [0, 0.1) is 34.9 Å². The van der Waals surface area contributed by atoms with Gasteiger partial charge in [0.15, 0.2) is 23.3 Å². The molecule has 0 saturated heterocycles. The van der Waals surface area contributed by atoms with Gasteiger partial charge in [-0.05, 0) is 56.6 Å². The first-order valence-electron chi connectivity index (χ1n) is 10.9. The van der Waals surface area contributed by atoms with E-state index in [9.17, 15) is 17.6 Å². The first kappa shape index (κ1) is 22.7. The lowest BCUT2D eigenvalue weighted by Crippen LogP contribution is -2.31. The van der Waals surface area contributed by atoms with Crippen LogP contribution < -0.4 is 15.9 Å². The van der Waals surface area contributed by atoms with E-state index in [1.54, 1.807) is 18.2 Å². The zero-order valence-corrected chi connectivity index (χ0v) is 19.3. The van der Waals surface area contributed by atoms with Gasteiger partial charge >= 0.3 is 0 Å². The fourth-order valence-electron chi connectivity index (χ4n) is 5.05. The summed E-state index contributed by atoms with van der Waals surface area (Å²) in [5.74, 6) is -7.90. The van der Waals surface area contributed by atoms with Crippen LogP contribution >= 0.6 is 6.89 Å². The molecule has 0 aliphatic heterocycles. The molecular formula is C29H15F6P. The maximum atomic E-state index is 15.3. The second-order valence-corrected chi connectivity index (χ2v) is 11.8. The average molecular weight is 508 g/mol. The van der Waals surface area contributed by atoms with Crippen LogP contribution in [0.4, 0.5) is 26.3 Å². The van der Waals surface area contributed by atoms with Crippen LogP contribution in [-0.2, 0) is 0 Å². The Morgan fingerprint density at radius 1 is 0.444 bits per heavy atom. The Balaban J connectivity index is 1.81. The zero-order valence-electron chi connectivity index (χ0n) is 18.4. The van der Waals surface area contributed by atoms with Crippen LogP contribution in [0.25, 0.3) is 32.3 Å². The summed E-state index contributed by atoms with van der Waals surface area (Å²) < 4.78 is 87.2. The van der Waals surface area contributed by atoms with E-state index >= 15 is 8.78 Å². The lowest BCUT2D eigenvalue weighted by Gasteiger charge is -2.29. The van der Waals surface area contributed by atoms with Gasteiger partial charge in [-0.2, -0.15) is 0 Å². The Bertz CT molecular complexity index is 1810. The molecule has 36 heavy (non-hydrogen) atoms. The van der Waals surface area contributed by atoms with Crippen molar-refractivity contribution in [2.75, 3.05) is 0 Å². The highest BCUT2D eigenvalue weighted by atomic mass is 31.2. The lowest BCUT2D eigenvalue weighted by atomic mass is 9.94. The third-order valence-corrected chi connectivity index (χ3v) is 10.3. The molecular weight excluding hydrogens is 493 g/mol. The molecule has 6 rings (SSSR count). The van der Waals surface area contributed by atoms with Gasteiger partial charge in [0.2, 0.25) is 0 Å². The maximum absolute atomic E-state index is 15.3. The largest absolute Gasteiger partial charge is 0.206 e. The van der Waals surface area contributed by atoms with Crippen molar-refractivity contribution in [3.63, 3.8) is 0 Å². The van der Waals surface area contributed by atoms with E-state index in [0.29, 0.717) is 35.0 Å². The Hall–Kier alpha value is -3.76. The van der Waals surface area contributed by atoms with E-state index in [4.69, 9.17) is 0 Å². The minimum Gasteiger partial charge on any atom is -0.206 e. The SMILES string of the molecule is C=P(c1cc(F)c(F)cc1F)(c1cc(F)c(F)cc1F)c1ccc2ccc3cccc4ccc1c2c34. The molecule has 0 amide bonds. The van der Waals surface area contributed by atoms with E-state index < -0.39 is 52.4 Å². The van der Waals surface area contributed by atoms with E-state index in [2.05, 4.69) is 6.30 Å². The standard InChI is InChI=1S/C29H15F6P/c1-36(26-13-21(32)19(30)11-23(26)34,27-14-22(33)20(31)12-24(27)35)25-10-8-17-6-5-15-3-2-4-16-7-9-18(25)29(17)28(15)16/h2-14H,1H2. The zero-order chi connectivity index (χ0) is 25.4. The minimum absolute atomic E-state index is 0.322. The Kier molecular flexibility index (Phi) is 4.96. The van der Waals surface area contributed by atoms with Crippen molar-refractivity contribution in [2.45, 2.75) is 0 Å². The van der Waals surface area contributed by atoms with E-state index in [0.717, 1.165) is 26.9 Å². The van der Waals surface area contributed by atoms with Gasteiger partial charge in [0.1, 0.15) is 11.6 Å². The topological polar surface area (TPSA) is 0 Å². The first-order valence-corrected chi connectivity index (χ1v) is 12.9. The average Bonchev–Trinajstić information content (AvgIpc) is 2.86. The Morgan fingerprint density at radius 2 is 0.889 bits per heavy atom. The van der Waals surface area contributed by atoms with Gasteiger partial charge in [-0.1, -0.05) is 60.9 Å². The minimum atomic E-state index is -3.77. The molecule has 7 heteroatoms. The molecule has 0 saturated carbocycles. The number of hydrogen-bond donors (Lipinski definition) is 0. The van der Waals surface area contributed by atoms with E-state index in [-0.39, 0.29) is 0 Å². The number of hydrogen-bond acceptors (Lipinski definition) is 0. The van der Waals surface area contributed by atoms with Gasteiger partial charge in [-0.15, -0.1) is 0 Å². The predicted octanol–water partition coefficient (Wildman–Crippen LogP) is 7.14. The van der Waals surface area contributed by atoms with Crippen molar-refractivity contribution in [1.29, 1.82) is 0 Å². The molecule has 0 atom stereocenters. The van der Waals surface area contributed by atoms with Crippen LogP contribution in [0.5, 0.6) is 0 Å². The smallest absolute Gasteiger partial charge is 0.161 e. The van der Waals surface area contributed by atoms with E-state index in [1.807, 2.05) is 36.4 Å². The molecule has 0 N–H and O–H groups in total. The lowest BCUT2D eigenvalue weighted by molar-refractivity contribution is 0.497. The quantitative estimate of drug-likeness (QED) is 0.103. The van der Waals surface area contributed by atoms with Crippen molar-refractivity contribution in [3.8, 4) is 0 Å². The number of rotatable bonds is 3. The predicted molar refractivity (Wildman–Crippen MR) is 136 cm³/mol. The van der Waals surface area contributed by atoms with Crippen LogP contribution in [0.1, 0.15) is 0 Å². The third kappa shape index (κ3) is 3.11. The highest BCUT2D eigenvalue weighted by Crippen LogP contribution is 2.47. The molecule has 0 aliphatic carbocycles. The summed E-state index contributed by atoms with van der Waals surface area (Å²) in [6.45, 7) is -3.77. The van der Waals surface area contributed by atoms with Crippen LogP contribution in [-0.4, -0.2) is 6.30 Å². The Morgan fingerprint density at radius 3 is 1.44 bits per heavy atom. The second kappa shape index (κ2) is 7.87. The van der Waals surface area contributed by atoms with Gasteiger partial charge < -0.3 is 0 Å². The van der Waals surface area contributed by atoms with Gasteiger partial charge in [0.05, 0.1) is 0 Å². The van der Waals surface area contributed by atoms with Gasteiger partial charge in [0, 0.05) is 22.7 Å². The fourth-order valence-corrected chi connectivity index (χ4v) is 8.28.